The van der Waals surface area contributed by atoms with Crippen molar-refractivity contribution < 1.29 is 19.8 Å². The third kappa shape index (κ3) is 1.75. The Morgan fingerprint density at radius 3 is 2.31 bits per heavy atom. The van der Waals surface area contributed by atoms with Gasteiger partial charge in [0.15, 0.2) is 0 Å². The Bertz CT molecular complexity index is 377. The second-order valence-corrected chi connectivity index (χ2v) is 2.50. The summed E-state index contributed by atoms with van der Waals surface area (Å²) in [6.07, 6.45) is 1.07. The number of pyridine rings is 1. The Morgan fingerprint density at radius 2 is 1.92 bits per heavy atom. The predicted octanol–water partition coefficient (Wildman–Crippen LogP) is -1.54. The highest BCUT2D eigenvalue weighted by molar-refractivity contribution is 6.34. The van der Waals surface area contributed by atoms with E-state index in [9.17, 15) is 19.8 Å². The normalized spacial score (nSPS) is 9.62. The van der Waals surface area contributed by atoms with E-state index in [1.54, 1.807) is 0 Å². The average molecular weight is 200 g/mol. The second kappa shape index (κ2) is 3.40. The summed E-state index contributed by atoms with van der Waals surface area (Å²) in [7, 11) is 0. The molecule has 0 aliphatic rings. The third-order valence-electron chi connectivity index (χ3n) is 1.30. The highest BCUT2D eigenvalue weighted by atomic mass is 35.5. The van der Waals surface area contributed by atoms with Gasteiger partial charge in [-0.3, -0.25) is 4.98 Å². The second-order valence-electron chi connectivity index (χ2n) is 2.09. The zero-order valence-corrected chi connectivity index (χ0v) is 6.87. The maximum Gasteiger partial charge on any atom is 0.0962 e. The molecule has 0 aliphatic heterocycles. The summed E-state index contributed by atoms with van der Waals surface area (Å²) in [5.74, 6) is -3.40. The minimum absolute atomic E-state index is 0.241. The molecule has 0 N–H and O–H groups in total. The van der Waals surface area contributed by atoms with Crippen LogP contribution in [0.15, 0.2) is 12.3 Å². The van der Waals surface area contributed by atoms with Crippen LogP contribution in [0.2, 0.25) is 5.02 Å². The number of carboxylic acid groups (broad SMARTS) is 2. The average Bonchev–Trinajstić information content (AvgIpc) is 2.02. The summed E-state index contributed by atoms with van der Waals surface area (Å²) in [6, 6.07) is 1.15. The van der Waals surface area contributed by atoms with Gasteiger partial charge >= 0.3 is 0 Å². The summed E-state index contributed by atoms with van der Waals surface area (Å²) in [5, 5.41) is 20.5. The maximum atomic E-state index is 10.4. The third-order valence-corrected chi connectivity index (χ3v) is 1.61. The van der Waals surface area contributed by atoms with Crippen molar-refractivity contribution in [1.29, 1.82) is 0 Å². The van der Waals surface area contributed by atoms with E-state index in [0.29, 0.717) is 0 Å². The van der Waals surface area contributed by atoms with E-state index >= 15 is 0 Å². The number of hydrogen-bond acceptors (Lipinski definition) is 5. The van der Waals surface area contributed by atoms with E-state index in [1.165, 1.54) is 0 Å². The molecule has 6 heteroatoms. The van der Waals surface area contributed by atoms with E-state index in [2.05, 4.69) is 4.98 Å². The summed E-state index contributed by atoms with van der Waals surface area (Å²) in [4.78, 5) is 24.1. The van der Waals surface area contributed by atoms with Crippen molar-refractivity contribution >= 4 is 23.5 Å². The van der Waals surface area contributed by atoms with Crippen LogP contribution < -0.4 is 10.2 Å². The molecular formula is C7H2ClNO4-2. The molecule has 1 aromatic heterocycles. The van der Waals surface area contributed by atoms with Crippen molar-refractivity contribution in [3.63, 3.8) is 0 Å². The van der Waals surface area contributed by atoms with Gasteiger partial charge in [0.05, 0.1) is 22.7 Å². The molecule has 0 aromatic carbocycles. The lowest BCUT2D eigenvalue weighted by Gasteiger charge is -2.10. The van der Waals surface area contributed by atoms with Crippen molar-refractivity contribution in [2.45, 2.75) is 0 Å². The molecule has 0 radical (unpaired) electrons. The molecule has 1 rings (SSSR count). The fourth-order valence-corrected chi connectivity index (χ4v) is 1.01. The fourth-order valence-electron chi connectivity index (χ4n) is 0.787. The van der Waals surface area contributed by atoms with Crippen LogP contribution >= 0.6 is 11.6 Å². The van der Waals surface area contributed by atoms with Crippen molar-refractivity contribution in [3.8, 4) is 0 Å². The van der Waals surface area contributed by atoms with E-state index in [-0.39, 0.29) is 5.02 Å². The van der Waals surface area contributed by atoms with Gasteiger partial charge in [0, 0.05) is 11.8 Å². The number of aromatic carboxylic acids is 2. The van der Waals surface area contributed by atoms with Gasteiger partial charge in [-0.2, -0.15) is 0 Å². The van der Waals surface area contributed by atoms with Crippen molar-refractivity contribution in [3.05, 3.63) is 28.5 Å². The summed E-state index contributed by atoms with van der Waals surface area (Å²) >= 11 is 5.42. The van der Waals surface area contributed by atoms with Crippen LogP contribution in [-0.2, 0) is 0 Å². The molecule has 68 valence electrons. The van der Waals surface area contributed by atoms with Gasteiger partial charge in [-0.15, -0.1) is 0 Å². The molecule has 0 unspecified atom stereocenters. The van der Waals surface area contributed by atoms with Crippen LogP contribution in [0.5, 0.6) is 0 Å². The number of nitrogens with zero attached hydrogens (tertiary/aromatic N) is 1. The first-order valence-electron chi connectivity index (χ1n) is 3.11. The van der Waals surface area contributed by atoms with E-state index < -0.39 is 23.2 Å². The maximum absolute atomic E-state index is 10.4. The highest BCUT2D eigenvalue weighted by Crippen LogP contribution is 2.16. The Morgan fingerprint density at radius 1 is 1.31 bits per heavy atom. The van der Waals surface area contributed by atoms with Crippen molar-refractivity contribution in [2.75, 3.05) is 0 Å². The SMILES string of the molecule is O=C([O-])c1nccc(Cl)c1C(=O)[O-]. The largest absolute Gasteiger partial charge is 0.545 e. The Balaban J connectivity index is 3.43. The fraction of sp³-hybridized carbons (Fsp3) is 0. The quantitative estimate of drug-likeness (QED) is 0.576. The number of halogens is 1. The zero-order valence-electron chi connectivity index (χ0n) is 6.11. The molecule has 1 aromatic rings. The van der Waals surface area contributed by atoms with Crippen molar-refractivity contribution in [2.24, 2.45) is 0 Å². The van der Waals surface area contributed by atoms with E-state index in [4.69, 9.17) is 11.6 Å². The molecule has 0 saturated carbocycles. The Hall–Kier alpha value is -1.62. The molecule has 0 atom stereocenters. The van der Waals surface area contributed by atoms with Gasteiger partial charge in [-0.05, 0) is 6.07 Å². The number of carbonyl (C=O) groups is 2. The van der Waals surface area contributed by atoms with Crippen molar-refractivity contribution in [1.82, 2.24) is 4.98 Å². The summed E-state index contributed by atoms with van der Waals surface area (Å²) < 4.78 is 0. The summed E-state index contributed by atoms with van der Waals surface area (Å²) in [5.41, 5.74) is -1.39. The van der Waals surface area contributed by atoms with E-state index in [1.807, 2.05) is 0 Å². The van der Waals surface area contributed by atoms with Crippen LogP contribution in [0.4, 0.5) is 0 Å². The molecule has 1 heterocycles. The van der Waals surface area contributed by atoms with Crippen LogP contribution in [0.1, 0.15) is 20.8 Å². The number of hydrogen-bond donors (Lipinski definition) is 0. The molecule has 0 spiro atoms. The first-order valence-corrected chi connectivity index (χ1v) is 3.49. The number of carboxylic acids is 2. The molecule has 0 saturated heterocycles. The van der Waals surface area contributed by atoms with Gasteiger partial charge in [-0.25, -0.2) is 0 Å². The molecule has 0 amide bonds. The molecule has 5 nitrogen and oxygen atoms in total. The zero-order chi connectivity index (χ0) is 10.0. The van der Waals surface area contributed by atoms with Crippen LogP contribution in [0.3, 0.4) is 0 Å². The van der Waals surface area contributed by atoms with Gasteiger partial charge < -0.3 is 19.8 Å². The molecule has 0 aliphatic carbocycles. The highest BCUT2D eigenvalue weighted by Gasteiger charge is 2.09. The van der Waals surface area contributed by atoms with Gasteiger partial charge in [0.25, 0.3) is 0 Å². The van der Waals surface area contributed by atoms with Gasteiger partial charge in [0.1, 0.15) is 0 Å². The van der Waals surface area contributed by atoms with Crippen LogP contribution in [0, 0.1) is 0 Å². The monoisotopic (exact) mass is 199 g/mol. The lowest BCUT2D eigenvalue weighted by molar-refractivity contribution is -0.260. The first-order chi connectivity index (χ1) is 6.04. The molecule has 13 heavy (non-hydrogen) atoms. The Kier molecular flexibility index (Phi) is 2.48. The smallest absolute Gasteiger partial charge is 0.0962 e. The number of aromatic nitrogens is 1. The topological polar surface area (TPSA) is 93.2 Å². The minimum atomic E-state index is -1.71. The lowest BCUT2D eigenvalue weighted by Crippen LogP contribution is -2.31. The molecule has 0 fully saturated rings. The van der Waals surface area contributed by atoms with Gasteiger partial charge in [-0.1, -0.05) is 11.6 Å². The molecular weight excluding hydrogens is 198 g/mol. The molecule has 0 bridgehead atoms. The van der Waals surface area contributed by atoms with Crippen LogP contribution in [0.25, 0.3) is 0 Å². The minimum Gasteiger partial charge on any atom is -0.545 e. The number of carbonyl (C=O) groups excluding carboxylic acids is 2. The van der Waals surface area contributed by atoms with Crippen LogP contribution in [-0.4, -0.2) is 16.9 Å². The lowest BCUT2D eigenvalue weighted by atomic mass is 10.2. The summed E-state index contributed by atoms with van der Waals surface area (Å²) in [6.45, 7) is 0. The Labute approximate surface area is 77.6 Å². The standard InChI is InChI=1S/C7H4ClNO4/c8-3-1-2-9-5(7(12)13)4(3)6(10)11/h1-2H,(H,10,11)(H,12,13)/p-2. The predicted molar refractivity (Wildman–Crippen MR) is 37.9 cm³/mol. The van der Waals surface area contributed by atoms with Gasteiger partial charge in [0.2, 0.25) is 0 Å². The first kappa shape index (κ1) is 9.47. The number of rotatable bonds is 2. The van der Waals surface area contributed by atoms with E-state index in [0.717, 1.165) is 12.3 Å².